The van der Waals surface area contributed by atoms with E-state index in [9.17, 15) is 4.79 Å². The van der Waals surface area contributed by atoms with Crippen LogP contribution < -0.4 is 10.6 Å². The molecule has 0 amide bonds. The zero-order valence-electron chi connectivity index (χ0n) is 19.9. The molecule has 0 fully saturated rings. The number of nitrogens with two attached hydrogens (primary N) is 1. The van der Waals surface area contributed by atoms with Crippen molar-refractivity contribution in [1.82, 2.24) is 4.90 Å². The fraction of sp³-hybridized carbons (Fsp3) is 0.222. The van der Waals surface area contributed by atoms with Gasteiger partial charge in [0.05, 0.1) is 13.2 Å². The highest BCUT2D eigenvalue weighted by atomic mass is 17.2. The van der Waals surface area contributed by atoms with Crippen molar-refractivity contribution in [3.63, 3.8) is 0 Å². The Balaban J connectivity index is 1.56. The summed E-state index contributed by atoms with van der Waals surface area (Å²) in [5.41, 5.74) is 9.01. The molecule has 0 aliphatic heterocycles. The van der Waals surface area contributed by atoms with Crippen molar-refractivity contribution in [1.29, 1.82) is 5.41 Å². The van der Waals surface area contributed by atoms with Crippen LogP contribution in [0.4, 0.5) is 0 Å². The van der Waals surface area contributed by atoms with Crippen molar-refractivity contribution in [2.75, 3.05) is 13.7 Å². The van der Waals surface area contributed by atoms with Crippen LogP contribution in [-0.4, -0.2) is 36.2 Å². The molecule has 0 saturated heterocycles. The smallest absolute Gasteiger partial charge is 0.373 e. The molecule has 3 aromatic rings. The Morgan fingerprint density at radius 2 is 1.60 bits per heavy atom. The zero-order valence-corrected chi connectivity index (χ0v) is 19.9. The summed E-state index contributed by atoms with van der Waals surface area (Å²) in [5.74, 6) is 0.364. The Kier molecular flexibility index (Phi) is 9.39. The van der Waals surface area contributed by atoms with Crippen LogP contribution in [0.15, 0.2) is 83.9 Å². The van der Waals surface area contributed by atoms with Crippen LogP contribution >= 0.6 is 0 Å². The second-order valence-electron chi connectivity index (χ2n) is 7.80. The number of amidine groups is 2. The van der Waals surface area contributed by atoms with Gasteiger partial charge in [0, 0.05) is 19.2 Å². The van der Waals surface area contributed by atoms with Gasteiger partial charge in [0.1, 0.15) is 12.4 Å². The highest BCUT2D eigenvalue weighted by Crippen LogP contribution is 2.14. The number of esters is 1. The maximum Gasteiger partial charge on any atom is 0.373 e. The molecule has 0 bridgehead atoms. The number of nitrogen functional groups attached to an aromatic ring is 1. The summed E-state index contributed by atoms with van der Waals surface area (Å²) in [5, 5.41) is 7.41. The van der Waals surface area contributed by atoms with Gasteiger partial charge in [-0.15, -0.1) is 0 Å². The van der Waals surface area contributed by atoms with Crippen molar-refractivity contribution in [2.45, 2.75) is 26.6 Å². The molecular weight excluding hydrogens is 444 g/mol. The standard InChI is InChI=1S/C27H30N4O4/c1-3-33-27(32)26(31(2)18-21-7-5-4-6-8-21)30-17-20-9-11-22(12-10-20)19-34-35-24-15-13-23(14-16-24)25(28)29/h4-16H,3,17-19H2,1-2H3,(H3,28,29). The number of nitrogens with zero attached hydrogens (tertiary/aromatic N) is 2. The predicted octanol–water partition coefficient (Wildman–Crippen LogP) is 4.07. The highest BCUT2D eigenvalue weighted by Gasteiger charge is 2.18. The molecule has 0 heterocycles. The summed E-state index contributed by atoms with van der Waals surface area (Å²) in [7, 11) is 1.83. The Bertz CT molecular complexity index is 1130. The first-order valence-corrected chi connectivity index (χ1v) is 11.2. The first-order valence-electron chi connectivity index (χ1n) is 11.2. The fourth-order valence-electron chi connectivity index (χ4n) is 3.23. The van der Waals surface area contributed by atoms with E-state index < -0.39 is 5.97 Å². The monoisotopic (exact) mass is 474 g/mol. The molecule has 0 aliphatic rings. The minimum absolute atomic E-state index is 0.000825. The molecule has 0 saturated carbocycles. The zero-order chi connectivity index (χ0) is 25.0. The van der Waals surface area contributed by atoms with Crippen molar-refractivity contribution < 1.29 is 19.3 Å². The van der Waals surface area contributed by atoms with Gasteiger partial charge in [-0.2, -0.15) is 4.89 Å². The van der Waals surface area contributed by atoms with Crippen LogP contribution in [0.3, 0.4) is 0 Å². The Hall–Kier alpha value is -4.17. The van der Waals surface area contributed by atoms with E-state index in [2.05, 4.69) is 4.99 Å². The Morgan fingerprint density at radius 3 is 2.23 bits per heavy atom. The Morgan fingerprint density at radius 1 is 0.943 bits per heavy atom. The van der Waals surface area contributed by atoms with Crippen molar-refractivity contribution in [3.8, 4) is 5.75 Å². The quantitative estimate of drug-likeness (QED) is 0.151. The van der Waals surface area contributed by atoms with Gasteiger partial charge < -0.3 is 20.3 Å². The van der Waals surface area contributed by atoms with Crippen LogP contribution in [0, 0.1) is 5.41 Å². The van der Waals surface area contributed by atoms with Gasteiger partial charge in [0.2, 0.25) is 5.84 Å². The number of nitrogens with one attached hydrogen (secondary N) is 1. The molecule has 8 heteroatoms. The molecule has 182 valence electrons. The number of benzene rings is 3. The minimum Gasteiger partial charge on any atom is -0.460 e. The van der Waals surface area contributed by atoms with Crippen LogP contribution in [0.5, 0.6) is 5.75 Å². The van der Waals surface area contributed by atoms with E-state index in [0.717, 1.165) is 16.7 Å². The molecule has 0 unspecified atom stereocenters. The third-order valence-corrected chi connectivity index (χ3v) is 5.06. The average molecular weight is 475 g/mol. The number of hydrogen-bond acceptors (Lipinski definition) is 6. The van der Waals surface area contributed by atoms with Gasteiger partial charge in [0.25, 0.3) is 0 Å². The molecule has 0 spiro atoms. The van der Waals surface area contributed by atoms with E-state index in [0.29, 0.717) is 24.4 Å². The molecule has 3 N–H and O–H groups in total. The maximum absolute atomic E-state index is 12.5. The van der Waals surface area contributed by atoms with Crippen molar-refractivity contribution in [2.24, 2.45) is 10.7 Å². The van der Waals surface area contributed by atoms with E-state index in [1.165, 1.54) is 0 Å². The number of rotatable bonds is 10. The summed E-state index contributed by atoms with van der Waals surface area (Å²) in [6.45, 7) is 3.21. The number of carbonyl (C=O) groups is 1. The van der Waals surface area contributed by atoms with E-state index in [1.54, 1.807) is 36.1 Å². The lowest BCUT2D eigenvalue weighted by Gasteiger charge is -2.20. The molecule has 3 rings (SSSR count). The largest absolute Gasteiger partial charge is 0.460 e. The van der Waals surface area contributed by atoms with Gasteiger partial charge in [-0.05, 0) is 47.9 Å². The summed E-state index contributed by atoms with van der Waals surface area (Å²) < 4.78 is 5.21. The molecule has 8 nitrogen and oxygen atoms in total. The lowest BCUT2D eigenvalue weighted by molar-refractivity contribution is -0.217. The van der Waals surface area contributed by atoms with Crippen LogP contribution in [0.25, 0.3) is 0 Å². The van der Waals surface area contributed by atoms with E-state index >= 15 is 0 Å². The summed E-state index contributed by atoms with van der Waals surface area (Å²) >= 11 is 0. The summed E-state index contributed by atoms with van der Waals surface area (Å²) in [6, 6.07) is 24.4. The summed E-state index contributed by atoms with van der Waals surface area (Å²) in [6.07, 6.45) is 0. The van der Waals surface area contributed by atoms with Gasteiger partial charge in [-0.3, -0.25) is 10.4 Å². The maximum atomic E-state index is 12.5. The Labute approximate surface area is 205 Å². The van der Waals surface area contributed by atoms with Gasteiger partial charge in [-0.1, -0.05) is 54.6 Å². The number of aliphatic imine (C=N–C) groups is 1. The predicted molar refractivity (Wildman–Crippen MR) is 135 cm³/mol. The third-order valence-electron chi connectivity index (χ3n) is 5.06. The van der Waals surface area contributed by atoms with Gasteiger partial charge >= 0.3 is 5.97 Å². The van der Waals surface area contributed by atoms with E-state index in [4.69, 9.17) is 25.7 Å². The average Bonchev–Trinajstić information content (AvgIpc) is 2.86. The van der Waals surface area contributed by atoms with Crippen molar-refractivity contribution in [3.05, 3.63) is 101 Å². The second-order valence-corrected chi connectivity index (χ2v) is 7.80. The van der Waals surface area contributed by atoms with Gasteiger partial charge in [-0.25, -0.2) is 4.79 Å². The molecule has 0 aliphatic carbocycles. The minimum atomic E-state index is -0.440. The fourth-order valence-corrected chi connectivity index (χ4v) is 3.23. The molecule has 0 aromatic heterocycles. The topological polar surface area (TPSA) is 110 Å². The SMILES string of the molecule is CCOC(=O)C(=NCc1ccc(COOc2ccc(C(=N)N)cc2)cc1)N(C)Cc1ccccc1. The molecular formula is C27H30N4O4. The van der Waals surface area contributed by atoms with Crippen molar-refractivity contribution >= 4 is 17.6 Å². The number of carbonyl (C=O) groups excluding carboxylic acids is 1. The highest BCUT2D eigenvalue weighted by molar-refractivity contribution is 6.35. The molecule has 3 aromatic carbocycles. The lowest BCUT2D eigenvalue weighted by atomic mass is 10.1. The third kappa shape index (κ3) is 7.97. The first-order chi connectivity index (χ1) is 17.0. The first kappa shape index (κ1) is 25.5. The van der Waals surface area contributed by atoms with Crippen LogP contribution in [-0.2, 0) is 34.1 Å². The lowest BCUT2D eigenvalue weighted by Crippen LogP contribution is -2.34. The summed E-state index contributed by atoms with van der Waals surface area (Å²) in [4.78, 5) is 29.4. The molecule has 0 atom stereocenters. The van der Waals surface area contributed by atoms with Crippen LogP contribution in [0.1, 0.15) is 29.2 Å². The molecule has 0 radical (unpaired) electrons. The number of hydrogen-bond donors (Lipinski definition) is 2. The van der Waals surface area contributed by atoms with Crippen LogP contribution in [0.2, 0.25) is 0 Å². The number of ether oxygens (including phenoxy) is 1. The van der Waals surface area contributed by atoms with E-state index in [1.807, 2.05) is 61.6 Å². The number of likely N-dealkylation sites (N-methyl/N-ethyl adjacent to an activating group) is 1. The normalized spacial score (nSPS) is 11.1. The van der Waals surface area contributed by atoms with E-state index in [-0.39, 0.29) is 24.9 Å². The second kappa shape index (κ2) is 12.9. The molecule has 35 heavy (non-hydrogen) atoms. The van der Waals surface area contributed by atoms with Gasteiger partial charge in [0.15, 0.2) is 5.75 Å².